The van der Waals surface area contributed by atoms with E-state index in [0.717, 1.165) is 11.4 Å². The van der Waals surface area contributed by atoms with Gasteiger partial charge in [0.25, 0.3) is 5.95 Å². The molecule has 2 aromatic carbocycles. The molecule has 6 nitrogen and oxygen atoms in total. The number of hydrogen-bond donors (Lipinski definition) is 0. The lowest BCUT2D eigenvalue weighted by molar-refractivity contribution is 0.294. The Hall–Kier alpha value is -3.54. The maximum Gasteiger partial charge on any atom is 0.252 e. The van der Waals surface area contributed by atoms with Gasteiger partial charge in [0.2, 0.25) is 0 Å². The van der Waals surface area contributed by atoms with E-state index >= 15 is 0 Å². The Morgan fingerprint density at radius 1 is 0.933 bits per heavy atom. The Morgan fingerprint density at radius 2 is 1.67 bits per heavy atom. The van der Waals surface area contributed by atoms with Gasteiger partial charge in [-0.2, -0.15) is 4.68 Å². The third kappa shape index (κ3) is 3.45. The van der Waals surface area contributed by atoms with Crippen molar-refractivity contribution in [3.63, 3.8) is 0 Å². The molecule has 0 N–H and O–H groups in total. The Labute approximate surface area is 175 Å². The molecule has 2 aromatic heterocycles. The van der Waals surface area contributed by atoms with Crippen LogP contribution in [0.1, 0.15) is 41.6 Å². The lowest BCUT2D eigenvalue weighted by Crippen LogP contribution is -2.35. The van der Waals surface area contributed by atoms with Crippen LogP contribution in [0.2, 0.25) is 0 Å². The number of aromatic nitrogens is 5. The van der Waals surface area contributed by atoms with Crippen molar-refractivity contribution in [2.24, 2.45) is 0 Å². The molecule has 5 rings (SSSR count). The third-order valence-electron chi connectivity index (χ3n) is 5.93. The molecule has 1 saturated carbocycles. The summed E-state index contributed by atoms with van der Waals surface area (Å²) >= 11 is 0. The summed E-state index contributed by atoms with van der Waals surface area (Å²) in [5, 5.41) is 7.71. The summed E-state index contributed by atoms with van der Waals surface area (Å²) in [4.78, 5) is 8.70. The first-order valence-electron chi connectivity index (χ1n) is 10.2. The van der Waals surface area contributed by atoms with Crippen molar-refractivity contribution in [2.75, 3.05) is 0 Å². The van der Waals surface area contributed by atoms with Crippen molar-refractivity contribution in [3.8, 4) is 11.7 Å². The van der Waals surface area contributed by atoms with E-state index in [1.54, 1.807) is 18.6 Å². The molecular formula is C24H23N5O. The fourth-order valence-electron chi connectivity index (χ4n) is 4.06. The second kappa shape index (κ2) is 7.71. The molecule has 1 fully saturated rings. The van der Waals surface area contributed by atoms with Gasteiger partial charge in [0.15, 0.2) is 0 Å². The summed E-state index contributed by atoms with van der Waals surface area (Å²) < 4.78 is 7.50. The predicted octanol–water partition coefficient (Wildman–Crippen LogP) is 4.41. The zero-order chi connectivity index (χ0) is 20.4. The van der Waals surface area contributed by atoms with Crippen LogP contribution in [-0.2, 0) is 12.0 Å². The largest absolute Gasteiger partial charge is 0.487 e. The van der Waals surface area contributed by atoms with Gasteiger partial charge in [0, 0.05) is 11.6 Å². The molecule has 0 saturated heterocycles. The smallest absolute Gasteiger partial charge is 0.252 e. The summed E-state index contributed by atoms with van der Waals surface area (Å²) in [6, 6.07) is 19.3. The molecule has 30 heavy (non-hydrogen) atoms. The Balaban J connectivity index is 1.30. The first-order chi connectivity index (χ1) is 14.7. The molecule has 0 spiro atoms. The van der Waals surface area contributed by atoms with E-state index in [4.69, 9.17) is 4.74 Å². The molecule has 0 radical (unpaired) electrons. The van der Waals surface area contributed by atoms with Gasteiger partial charge in [-0.1, -0.05) is 53.6 Å². The quantitative estimate of drug-likeness (QED) is 0.482. The molecule has 1 aliphatic rings. The van der Waals surface area contributed by atoms with Crippen molar-refractivity contribution in [1.29, 1.82) is 0 Å². The van der Waals surface area contributed by atoms with Crippen LogP contribution in [0.4, 0.5) is 0 Å². The van der Waals surface area contributed by atoms with E-state index < -0.39 is 0 Å². The van der Waals surface area contributed by atoms with Crippen LogP contribution >= 0.6 is 0 Å². The fraction of sp³-hybridized carbons (Fsp3) is 0.250. The summed E-state index contributed by atoms with van der Waals surface area (Å²) in [6.07, 6.45) is 8.68. The van der Waals surface area contributed by atoms with E-state index in [-0.39, 0.29) is 5.41 Å². The average molecular weight is 397 g/mol. The molecule has 0 unspecified atom stereocenters. The average Bonchev–Trinajstić information content (AvgIpc) is 3.29. The predicted molar refractivity (Wildman–Crippen MR) is 114 cm³/mol. The minimum absolute atomic E-state index is 0.144. The SMILES string of the molecule is Cc1ccc(C2(c3ccc(OCc4ccnc(-n5ccnn5)n4)cc3)CCC2)cc1. The standard InChI is InChI=1S/C24H23N5O/c1-18-3-5-19(6-4-18)24(12-2-13-24)20-7-9-22(10-8-20)30-17-21-11-14-25-23(27-21)29-16-15-26-28-29/h3-11,14-16H,2,12-13,17H2,1H3. The van der Waals surface area contributed by atoms with Gasteiger partial charge in [-0.05, 0) is 49.1 Å². The van der Waals surface area contributed by atoms with Crippen LogP contribution in [0.15, 0.2) is 73.2 Å². The molecule has 150 valence electrons. The first-order valence-corrected chi connectivity index (χ1v) is 10.2. The lowest BCUT2D eigenvalue weighted by atomic mass is 9.60. The van der Waals surface area contributed by atoms with Gasteiger partial charge in [-0.15, -0.1) is 5.10 Å². The van der Waals surface area contributed by atoms with Gasteiger partial charge in [-0.25, -0.2) is 9.97 Å². The number of aryl methyl sites for hydroxylation is 1. The van der Waals surface area contributed by atoms with Crippen molar-refractivity contribution in [1.82, 2.24) is 25.0 Å². The van der Waals surface area contributed by atoms with E-state index in [9.17, 15) is 0 Å². The van der Waals surface area contributed by atoms with Gasteiger partial charge in [0.05, 0.1) is 18.1 Å². The molecule has 0 aliphatic heterocycles. The Kier molecular flexibility index (Phi) is 4.75. The van der Waals surface area contributed by atoms with E-state index in [2.05, 4.69) is 75.7 Å². The number of nitrogens with zero attached hydrogens (tertiary/aromatic N) is 5. The number of hydrogen-bond acceptors (Lipinski definition) is 5. The zero-order valence-corrected chi connectivity index (χ0v) is 16.9. The van der Waals surface area contributed by atoms with Crippen LogP contribution in [0.5, 0.6) is 5.75 Å². The molecular weight excluding hydrogens is 374 g/mol. The monoisotopic (exact) mass is 397 g/mol. The maximum absolute atomic E-state index is 5.97. The molecule has 1 aliphatic carbocycles. The summed E-state index contributed by atoms with van der Waals surface area (Å²) in [5.41, 5.74) is 5.00. The first kappa shape index (κ1) is 18.5. The van der Waals surface area contributed by atoms with Crippen LogP contribution in [-0.4, -0.2) is 25.0 Å². The Bertz CT molecular complexity index is 1120. The number of ether oxygens (including phenoxy) is 1. The van der Waals surface area contributed by atoms with Gasteiger partial charge in [0.1, 0.15) is 12.4 Å². The van der Waals surface area contributed by atoms with Gasteiger partial charge in [-0.3, -0.25) is 0 Å². The molecule has 0 atom stereocenters. The second-order valence-corrected chi connectivity index (χ2v) is 7.81. The molecule has 4 aromatic rings. The maximum atomic E-state index is 5.97. The summed E-state index contributed by atoms with van der Waals surface area (Å²) in [6.45, 7) is 2.50. The van der Waals surface area contributed by atoms with Gasteiger partial charge >= 0.3 is 0 Å². The van der Waals surface area contributed by atoms with Crippen LogP contribution in [0.25, 0.3) is 5.95 Å². The van der Waals surface area contributed by atoms with E-state index in [0.29, 0.717) is 12.6 Å². The topological polar surface area (TPSA) is 65.7 Å². The van der Waals surface area contributed by atoms with Gasteiger partial charge < -0.3 is 4.74 Å². The van der Waals surface area contributed by atoms with Crippen molar-refractivity contribution >= 4 is 0 Å². The molecule has 2 heterocycles. The summed E-state index contributed by atoms with van der Waals surface area (Å²) in [7, 11) is 0. The second-order valence-electron chi connectivity index (χ2n) is 7.81. The molecule has 0 bridgehead atoms. The molecule has 0 amide bonds. The van der Waals surface area contributed by atoms with Crippen molar-refractivity contribution in [2.45, 2.75) is 38.2 Å². The highest BCUT2D eigenvalue weighted by Gasteiger charge is 2.40. The minimum atomic E-state index is 0.144. The lowest BCUT2D eigenvalue weighted by Gasteiger charge is -2.43. The fourth-order valence-corrected chi connectivity index (χ4v) is 4.06. The third-order valence-corrected chi connectivity index (χ3v) is 5.93. The Morgan fingerprint density at radius 3 is 2.30 bits per heavy atom. The minimum Gasteiger partial charge on any atom is -0.487 e. The highest BCUT2D eigenvalue weighted by molar-refractivity contribution is 5.44. The van der Waals surface area contributed by atoms with Crippen LogP contribution < -0.4 is 4.74 Å². The van der Waals surface area contributed by atoms with E-state index in [1.165, 1.54) is 40.6 Å². The van der Waals surface area contributed by atoms with Crippen molar-refractivity contribution < 1.29 is 4.74 Å². The highest BCUT2D eigenvalue weighted by Crippen LogP contribution is 2.49. The van der Waals surface area contributed by atoms with E-state index in [1.807, 2.05) is 6.07 Å². The van der Waals surface area contributed by atoms with Crippen LogP contribution in [0, 0.1) is 6.92 Å². The highest BCUT2D eigenvalue weighted by atomic mass is 16.5. The number of rotatable bonds is 6. The van der Waals surface area contributed by atoms with Crippen LogP contribution in [0.3, 0.4) is 0 Å². The number of benzene rings is 2. The molecule has 6 heteroatoms. The van der Waals surface area contributed by atoms with Crippen molar-refractivity contribution in [3.05, 3.63) is 95.6 Å². The normalized spacial score (nSPS) is 14.8. The zero-order valence-electron chi connectivity index (χ0n) is 16.9. The summed E-state index contributed by atoms with van der Waals surface area (Å²) in [5.74, 6) is 1.31.